The highest BCUT2D eigenvalue weighted by Gasteiger charge is 2.37. The number of carbonyl (C=O) groups is 1. The average molecular weight is 406 g/mol. The van der Waals surface area contributed by atoms with Crippen LogP contribution in [0.3, 0.4) is 0 Å². The highest BCUT2D eigenvalue weighted by Crippen LogP contribution is 2.36. The van der Waals surface area contributed by atoms with Crippen molar-refractivity contribution >= 4 is 17.4 Å². The topological polar surface area (TPSA) is 57.3 Å². The molecule has 0 aliphatic carbocycles. The van der Waals surface area contributed by atoms with E-state index < -0.39 is 11.7 Å². The highest BCUT2D eigenvalue weighted by molar-refractivity contribution is 5.79. The zero-order valence-electron chi connectivity index (χ0n) is 16.1. The molecule has 1 aliphatic heterocycles. The number of pyridine rings is 1. The van der Waals surface area contributed by atoms with E-state index in [9.17, 15) is 18.0 Å². The Hall–Kier alpha value is -2.77. The van der Waals surface area contributed by atoms with Crippen LogP contribution in [-0.4, -0.2) is 37.1 Å². The molecule has 1 saturated heterocycles. The zero-order chi connectivity index (χ0) is 20.7. The summed E-state index contributed by atoms with van der Waals surface area (Å²) in [7, 11) is 0. The average Bonchev–Trinajstić information content (AvgIpc) is 2.73. The molecule has 0 bridgehead atoms. The van der Waals surface area contributed by atoms with Gasteiger partial charge in [0, 0.05) is 38.1 Å². The van der Waals surface area contributed by atoms with E-state index in [-0.39, 0.29) is 24.2 Å². The van der Waals surface area contributed by atoms with Crippen molar-refractivity contribution < 1.29 is 18.0 Å². The Bertz CT molecular complexity index is 798. The van der Waals surface area contributed by atoms with Crippen molar-refractivity contribution in [2.75, 3.05) is 36.4 Å². The molecular formula is C21H25F3N4O. The van der Waals surface area contributed by atoms with Gasteiger partial charge in [-0.15, -0.1) is 0 Å². The number of nitrogens with one attached hydrogen (secondary N) is 2. The normalized spacial score (nSPS) is 17.1. The molecule has 2 heterocycles. The van der Waals surface area contributed by atoms with E-state index in [4.69, 9.17) is 0 Å². The lowest BCUT2D eigenvalue weighted by Gasteiger charge is -2.34. The van der Waals surface area contributed by atoms with Gasteiger partial charge in [0.2, 0.25) is 5.91 Å². The lowest BCUT2D eigenvalue weighted by Crippen LogP contribution is -2.44. The van der Waals surface area contributed by atoms with Crippen LogP contribution in [0.1, 0.15) is 24.8 Å². The zero-order valence-corrected chi connectivity index (χ0v) is 16.1. The summed E-state index contributed by atoms with van der Waals surface area (Å²) in [6, 6.07) is 12.1. The van der Waals surface area contributed by atoms with Crippen LogP contribution < -0.4 is 15.5 Å². The van der Waals surface area contributed by atoms with Gasteiger partial charge in [0.1, 0.15) is 5.82 Å². The van der Waals surface area contributed by atoms with Crippen LogP contribution in [0, 0.1) is 5.92 Å². The first-order valence-electron chi connectivity index (χ1n) is 9.79. The number of anilines is 2. The van der Waals surface area contributed by atoms with Crippen LogP contribution in [0.15, 0.2) is 48.7 Å². The highest BCUT2D eigenvalue weighted by atomic mass is 19.4. The third kappa shape index (κ3) is 5.85. The molecule has 1 aromatic carbocycles. The first-order chi connectivity index (χ1) is 13.9. The largest absolute Gasteiger partial charge is 0.419 e. The second-order valence-electron chi connectivity index (χ2n) is 7.09. The summed E-state index contributed by atoms with van der Waals surface area (Å²) < 4.78 is 39.8. The maximum Gasteiger partial charge on any atom is 0.419 e. The van der Waals surface area contributed by atoms with Crippen LogP contribution >= 0.6 is 0 Å². The number of aromatic nitrogens is 1. The molecule has 1 amide bonds. The number of piperidine rings is 1. The quantitative estimate of drug-likeness (QED) is 0.684. The van der Waals surface area contributed by atoms with Gasteiger partial charge in [-0.2, -0.15) is 13.2 Å². The minimum absolute atomic E-state index is 0.0930. The molecule has 2 N–H and O–H groups in total. The van der Waals surface area contributed by atoms with Gasteiger partial charge in [-0.05, 0) is 43.5 Å². The number of alkyl halides is 3. The Labute approximate surface area is 168 Å². The number of rotatable bonds is 7. The summed E-state index contributed by atoms with van der Waals surface area (Å²) >= 11 is 0. The van der Waals surface area contributed by atoms with Gasteiger partial charge in [0.25, 0.3) is 0 Å². The number of hydrogen-bond acceptors (Lipinski definition) is 4. The third-order valence-corrected chi connectivity index (χ3v) is 4.94. The summed E-state index contributed by atoms with van der Waals surface area (Å²) in [5, 5.41) is 6.18. The van der Waals surface area contributed by atoms with Crippen LogP contribution in [0.25, 0.3) is 0 Å². The first-order valence-corrected chi connectivity index (χ1v) is 9.79. The van der Waals surface area contributed by atoms with E-state index in [1.807, 2.05) is 30.3 Å². The van der Waals surface area contributed by atoms with Crippen molar-refractivity contribution in [3.8, 4) is 0 Å². The predicted octanol–water partition coefficient (Wildman–Crippen LogP) is 3.94. The SMILES string of the molecule is O=C(NCCCNc1ccccc1)C1CCCN(c2ncccc2C(F)(F)F)C1. The molecule has 3 rings (SSSR count). The first kappa shape index (κ1) is 21.0. The fourth-order valence-corrected chi connectivity index (χ4v) is 3.49. The minimum atomic E-state index is -4.47. The fraction of sp³-hybridized carbons (Fsp3) is 0.429. The lowest BCUT2D eigenvalue weighted by molar-refractivity contribution is -0.137. The number of nitrogens with zero attached hydrogens (tertiary/aromatic N) is 2. The van der Waals surface area contributed by atoms with Crippen molar-refractivity contribution in [2.24, 2.45) is 5.92 Å². The number of para-hydroxylation sites is 1. The second-order valence-corrected chi connectivity index (χ2v) is 7.09. The van der Waals surface area contributed by atoms with E-state index in [1.165, 1.54) is 12.3 Å². The third-order valence-electron chi connectivity index (χ3n) is 4.94. The van der Waals surface area contributed by atoms with Gasteiger partial charge in [-0.3, -0.25) is 4.79 Å². The summed E-state index contributed by atoms with van der Waals surface area (Å²) in [6.07, 6.45) is -1.03. The molecule has 1 aromatic heterocycles. The van der Waals surface area contributed by atoms with Gasteiger partial charge in [-0.1, -0.05) is 18.2 Å². The van der Waals surface area contributed by atoms with E-state index in [1.54, 1.807) is 4.90 Å². The van der Waals surface area contributed by atoms with E-state index >= 15 is 0 Å². The molecule has 8 heteroatoms. The molecule has 5 nitrogen and oxygen atoms in total. The molecule has 1 aliphatic rings. The molecule has 0 spiro atoms. The molecule has 1 atom stereocenters. The number of amides is 1. The summed E-state index contributed by atoms with van der Waals surface area (Å²) in [4.78, 5) is 18.0. The van der Waals surface area contributed by atoms with Crippen LogP contribution in [0.4, 0.5) is 24.7 Å². The van der Waals surface area contributed by atoms with Crippen LogP contribution in [0.5, 0.6) is 0 Å². The number of benzene rings is 1. The Kier molecular flexibility index (Phi) is 6.95. The number of hydrogen-bond donors (Lipinski definition) is 2. The maximum atomic E-state index is 13.3. The summed E-state index contributed by atoms with van der Waals surface area (Å²) in [5.74, 6) is -0.544. The molecular weight excluding hydrogens is 381 g/mol. The smallest absolute Gasteiger partial charge is 0.385 e. The molecule has 29 heavy (non-hydrogen) atoms. The minimum Gasteiger partial charge on any atom is -0.385 e. The summed E-state index contributed by atoms with van der Waals surface area (Å²) in [6.45, 7) is 1.95. The molecule has 1 unspecified atom stereocenters. The molecule has 1 fully saturated rings. The summed E-state index contributed by atoms with van der Waals surface area (Å²) in [5.41, 5.74) is 0.269. The van der Waals surface area contributed by atoms with Crippen molar-refractivity contribution in [3.63, 3.8) is 0 Å². The second kappa shape index (κ2) is 9.62. The van der Waals surface area contributed by atoms with Gasteiger partial charge < -0.3 is 15.5 Å². The monoisotopic (exact) mass is 406 g/mol. The molecule has 0 radical (unpaired) electrons. The van der Waals surface area contributed by atoms with Gasteiger partial charge in [0.05, 0.1) is 11.5 Å². The van der Waals surface area contributed by atoms with Crippen LogP contribution in [0.2, 0.25) is 0 Å². The van der Waals surface area contributed by atoms with Crippen LogP contribution in [-0.2, 0) is 11.0 Å². The van der Waals surface area contributed by atoms with Gasteiger partial charge >= 0.3 is 6.18 Å². The van der Waals surface area contributed by atoms with E-state index in [0.717, 1.165) is 24.7 Å². The molecule has 0 saturated carbocycles. The van der Waals surface area contributed by atoms with Gasteiger partial charge in [-0.25, -0.2) is 4.98 Å². The number of halogens is 3. The number of carbonyl (C=O) groups excluding carboxylic acids is 1. The van der Waals surface area contributed by atoms with Gasteiger partial charge in [0.15, 0.2) is 0 Å². The Morgan fingerprint density at radius 2 is 1.93 bits per heavy atom. The Morgan fingerprint density at radius 1 is 1.14 bits per heavy atom. The Balaban J connectivity index is 1.48. The lowest BCUT2D eigenvalue weighted by atomic mass is 9.96. The standard InChI is InChI=1S/C21H25F3N4O/c22-21(23,24)18-10-4-11-26-19(18)28-14-5-7-16(15-28)20(29)27-13-6-12-25-17-8-2-1-3-9-17/h1-4,8-11,16,25H,5-7,12-15H2,(H,27,29). The van der Waals surface area contributed by atoms with Crippen molar-refractivity contribution in [3.05, 3.63) is 54.2 Å². The fourth-order valence-electron chi connectivity index (χ4n) is 3.49. The predicted molar refractivity (Wildman–Crippen MR) is 107 cm³/mol. The van der Waals surface area contributed by atoms with Crippen molar-refractivity contribution in [1.29, 1.82) is 0 Å². The molecule has 156 valence electrons. The van der Waals surface area contributed by atoms with E-state index in [2.05, 4.69) is 15.6 Å². The van der Waals surface area contributed by atoms with Crippen molar-refractivity contribution in [1.82, 2.24) is 10.3 Å². The van der Waals surface area contributed by atoms with E-state index in [0.29, 0.717) is 25.9 Å². The maximum absolute atomic E-state index is 13.3. The van der Waals surface area contributed by atoms with Crippen molar-refractivity contribution in [2.45, 2.75) is 25.4 Å². The Morgan fingerprint density at radius 3 is 2.69 bits per heavy atom. The molecule has 2 aromatic rings.